The van der Waals surface area contributed by atoms with Crippen molar-refractivity contribution in [2.24, 2.45) is 0 Å². The zero-order valence-electron chi connectivity index (χ0n) is 28.0. The van der Waals surface area contributed by atoms with E-state index in [1.807, 2.05) is 78.9 Å². The van der Waals surface area contributed by atoms with Gasteiger partial charge in [0.2, 0.25) is 5.91 Å². The number of carbonyl (C=O) groups is 2. The first-order valence-corrected chi connectivity index (χ1v) is 16.5. The van der Waals surface area contributed by atoms with E-state index in [0.29, 0.717) is 37.9 Å². The number of allylic oxidation sites excluding steroid dienone is 1. The molecule has 1 unspecified atom stereocenters. The summed E-state index contributed by atoms with van der Waals surface area (Å²) in [4.78, 5) is 27.3. The van der Waals surface area contributed by atoms with E-state index in [4.69, 9.17) is 18.9 Å². The van der Waals surface area contributed by atoms with Crippen molar-refractivity contribution in [2.75, 3.05) is 34.5 Å². The summed E-state index contributed by atoms with van der Waals surface area (Å²) in [6, 6.07) is 25.5. The van der Waals surface area contributed by atoms with Crippen LogP contribution in [0.15, 0.2) is 91.2 Å². The van der Waals surface area contributed by atoms with Crippen LogP contribution in [0.25, 0.3) is 0 Å². The van der Waals surface area contributed by atoms with Gasteiger partial charge < -0.3 is 29.0 Å². The predicted octanol–water partition coefficient (Wildman–Crippen LogP) is 6.82. The lowest BCUT2D eigenvalue weighted by molar-refractivity contribution is -0.134. The molecule has 0 aromatic heterocycles. The van der Waals surface area contributed by atoms with Gasteiger partial charge in [-0.2, -0.15) is 0 Å². The molecule has 1 fully saturated rings. The van der Waals surface area contributed by atoms with Crippen molar-refractivity contribution < 1.29 is 33.6 Å². The van der Waals surface area contributed by atoms with Crippen molar-refractivity contribution in [3.8, 4) is 11.5 Å². The Morgan fingerprint density at radius 1 is 0.766 bits per heavy atom. The zero-order chi connectivity index (χ0) is 33.6. The third-order valence-corrected chi connectivity index (χ3v) is 8.95. The number of aliphatic hydroxyl groups excluding tert-OH is 1. The van der Waals surface area contributed by atoms with Crippen LogP contribution in [-0.4, -0.2) is 68.3 Å². The molecule has 0 bridgehead atoms. The Kier molecular flexibility index (Phi) is 13.4. The van der Waals surface area contributed by atoms with Crippen LogP contribution in [-0.2, 0) is 24.7 Å². The SMILES string of the molecule is C=C(CCC(=O)CCCCCCC(=O)N1CC(O)C[C@H]1COC(c1ccccc1)(c1ccc(OC)cc1)c1ccc(OC)cc1)OC. The summed E-state index contributed by atoms with van der Waals surface area (Å²) < 4.78 is 23.0. The number of hydrogen-bond acceptors (Lipinski definition) is 7. The fourth-order valence-corrected chi connectivity index (χ4v) is 6.25. The molecular weight excluding hydrogens is 594 g/mol. The van der Waals surface area contributed by atoms with E-state index in [-0.39, 0.29) is 30.9 Å². The van der Waals surface area contributed by atoms with Gasteiger partial charge in [-0.15, -0.1) is 0 Å². The minimum absolute atomic E-state index is 0.0171. The second-order valence-corrected chi connectivity index (χ2v) is 12.1. The molecule has 8 heteroatoms. The number of ketones is 1. The molecule has 1 amide bonds. The number of methoxy groups -OCH3 is 3. The fourth-order valence-electron chi connectivity index (χ4n) is 6.25. The highest BCUT2D eigenvalue weighted by molar-refractivity contribution is 5.78. The van der Waals surface area contributed by atoms with Crippen LogP contribution >= 0.6 is 0 Å². The molecule has 8 nitrogen and oxygen atoms in total. The number of ether oxygens (including phenoxy) is 4. The molecule has 1 heterocycles. The lowest BCUT2D eigenvalue weighted by Crippen LogP contribution is -2.42. The van der Waals surface area contributed by atoms with E-state index < -0.39 is 11.7 Å². The normalized spacial score (nSPS) is 16.1. The molecule has 1 aliphatic heterocycles. The molecule has 0 saturated carbocycles. The molecule has 3 aromatic rings. The number of carbonyl (C=O) groups excluding carboxylic acids is 2. The number of amides is 1. The number of nitrogens with zero attached hydrogens (tertiary/aromatic N) is 1. The van der Waals surface area contributed by atoms with Crippen molar-refractivity contribution in [1.82, 2.24) is 4.90 Å². The van der Waals surface area contributed by atoms with Gasteiger partial charge in [0.15, 0.2) is 0 Å². The van der Waals surface area contributed by atoms with E-state index in [0.717, 1.165) is 53.9 Å². The molecule has 1 saturated heterocycles. The molecular formula is C39H49NO7. The van der Waals surface area contributed by atoms with Crippen molar-refractivity contribution in [2.45, 2.75) is 75.5 Å². The van der Waals surface area contributed by atoms with Crippen molar-refractivity contribution >= 4 is 11.7 Å². The molecule has 0 aliphatic carbocycles. The van der Waals surface area contributed by atoms with Crippen LogP contribution in [0.5, 0.6) is 11.5 Å². The Hall–Kier alpha value is -4.14. The molecule has 1 aliphatic rings. The van der Waals surface area contributed by atoms with E-state index in [1.165, 1.54) is 0 Å². The fraction of sp³-hybridized carbons (Fsp3) is 0.436. The van der Waals surface area contributed by atoms with Gasteiger partial charge in [0.25, 0.3) is 0 Å². The molecule has 0 spiro atoms. The molecule has 252 valence electrons. The Labute approximate surface area is 279 Å². The smallest absolute Gasteiger partial charge is 0.222 e. The first kappa shape index (κ1) is 35.7. The maximum Gasteiger partial charge on any atom is 0.222 e. The van der Waals surface area contributed by atoms with Crippen LogP contribution < -0.4 is 9.47 Å². The van der Waals surface area contributed by atoms with Gasteiger partial charge in [-0.1, -0.05) is 74.0 Å². The van der Waals surface area contributed by atoms with Crippen LogP contribution in [0.2, 0.25) is 0 Å². The van der Waals surface area contributed by atoms with Gasteiger partial charge in [-0.3, -0.25) is 9.59 Å². The number of likely N-dealkylation sites (tertiary alicyclic amines) is 1. The van der Waals surface area contributed by atoms with Gasteiger partial charge in [0.1, 0.15) is 22.9 Å². The average Bonchev–Trinajstić information content (AvgIpc) is 3.50. The topological polar surface area (TPSA) is 94.5 Å². The second-order valence-electron chi connectivity index (χ2n) is 12.1. The highest BCUT2D eigenvalue weighted by Crippen LogP contribution is 2.42. The van der Waals surface area contributed by atoms with Gasteiger partial charge in [0.05, 0.1) is 45.8 Å². The molecule has 47 heavy (non-hydrogen) atoms. The van der Waals surface area contributed by atoms with Gasteiger partial charge >= 0.3 is 0 Å². The minimum atomic E-state index is -1.00. The number of aliphatic hydroxyl groups is 1. The van der Waals surface area contributed by atoms with Gasteiger partial charge in [-0.05, 0) is 60.2 Å². The van der Waals surface area contributed by atoms with Crippen LogP contribution in [0.4, 0.5) is 0 Å². The number of Topliss-reactive ketones (excluding diaryl/α,β-unsaturated/α-hetero) is 1. The van der Waals surface area contributed by atoms with Gasteiger partial charge in [-0.25, -0.2) is 0 Å². The summed E-state index contributed by atoms with van der Waals surface area (Å²) in [5.74, 6) is 2.33. The van der Waals surface area contributed by atoms with E-state index in [9.17, 15) is 14.7 Å². The highest BCUT2D eigenvalue weighted by Gasteiger charge is 2.41. The highest BCUT2D eigenvalue weighted by atomic mass is 16.5. The number of β-amino-alcohol motifs (C(OH)–C–C–N with tert-alkyl or cyclic N) is 1. The third-order valence-electron chi connectivity index (χ3n) is 8.95. The quantitative estimate of drug-likeness (QED) is 0.0870. The van der Waals surface area contributed by atoms with E-state index in [1.54, 1.807) is 26.2 Å². The van der Waals surface area contributed by atoms with Crippen LogP contribution in [0, 0.1) is 0 Å². The lowest BCUT2D eigenvalue weighted by atomic mass is 9.80. The maximum absolute atomic E-state index is 13.5. The van der Waals surface area contributed by atoms with E-state index >= 15 is 0 Å². The number of unbranched alkanes of at least 4 members (excludes halogenated alkanes) is 3. The molecule has 4 rings (SSSR count). The first-order chi connectivity index (χ1) is 22.8. The minimum Gasteiger partial charge on any atom is -0.502 e. The molecule has 2 atom stereocenters. The van der Waals surface area contributed by atoms with Crippen LogP contribution in [0.1, 0.15) is 74.5 Å². The molecule has 3 aromatic carbocycles. The Balaban J connectivity index is 1.46. The Bertz CT molecular complexity index is 1370. The monoisotopic (exact) mass is 643 g/mol. The largest absolute Gasteiger partial charge is 0.502 e. The lowest BCUT2D eigenvalue weighted by Gasteiger charge is -2.38. The standard InChI is InChI=1S/C39H49NO7/c1-29(44-2)16-21-34(41)14-10-5-6-11-15-38(43)40-27-35(42)26-33(40)28-47-39(30-12-8-7-9-13-30,31-17-22-36(45-3)23-18-31)32-19-24-37(46-4)25-20-32/h7-9,12-13,17-20,22-25,33,35,42H,1,5-6,10-11,14-16,21,26-28H2,2-4H3/t33-,35?/m0/s1. The summed E-state index contributed by atoms with van der Waals surface area (Å²) in [5, 5.41) is 10.7. The summed E-state index contributed by atoms with van der Waals surface area (Å²) in [6.07, 6.45) is 5.08. The molecule has 1 N–H and O–H groups in total. The summed E-state index contributed by atoms with van der Waals surface area (Å²) >= 11 is 0. The third kappa shape index (κ3) is 9.46. The predicted molar refractivity (Wildman–Crippen MR) is 182 cm³/mol. The van der Waals surface area contributed by atoms with Crippen molar-refractivity contribution in [3.63, 3.8) is 0 Å². The number of hydrogen-bond donors (Lipinski definition) is 1. The summed E-state index contributed by atoms with van der Waals surface area (Å²) in [5.41, 5.74) is 1.76. The summed E-state index contributed by atoms with van der Waals surface area (Å²) in [7, 11) is 4.84. The number of benzene rings is 3. The number of rotatable bonds is 19. The Morgan fingerprint density at radius 2 is 1.32 bits per heavy atom. The average molecular weight is 644 g/mol. The Morgan fingerprint density at radius 3 is 1.87 bits per heavy atom. The van der Waals surface area contributed by atoms with Gasteiger partial charge in [0, 0.05) is 32.2 Å². The van der Waals surface area contributed by atoms with Crippen molar-refractivity contribution in [3.05, 3.63) is 108 Å². The van der Waals surface area contributed by atoms with Crippen LogP contribution in [0.3, 0.4) is 0 Å². The zero-order valence-corrected chi connectivity index (χ0v) is 28.0. The molecule has 0 radical (unpaired) electrons. The maximum atomic E-state index is 13.5. The second kappa shape index (κ2) is 17.7. The van der Waals surface area contributed by atoms with E-state index in [2.05, 4.69) is 6.58 Å². The first-order valence-electron chi connectivity index (χ1n) is 16.5. The van der Waals surface area contributed by atoms with Crippen molar-refractivity contribution in [1.29, 1.82) is 0 Å². The summed E-state index contributed by atoms with van der Waals surface area (Å²) in [6.45, 7) is 4.28.